The Labute approximate surface area is 101 Å². The van der Waals surface area contributed by atoms with Gasteiger partial charge in [0.25, 0.3) is 5.78 Å². The first kappa shape index (κ1) is 10.3. The number of carboxylic acid groups (broad SMARTS) is 1. The minimum Gasteiger partial charge on any atom is -0.477 e. The largest absolute Gasteiger partial charge is 0.477 e. The number of carboxylic acids is 1. The van der Waals surface area contributed by atoms with E-state index in [1.807, 2.05) is 6.07 Å². The number of pyridine rings is 1. The molecule has 1 N–H and O–H groups in total. The van der Waals surface area contributed by atoms with Crippen LogP contribution < -0.4 is 0 Å². The monoisotopic (exact) mass is 241 g/mol. The van der Waals surface area contributed by atoms with E-state index >= 15 is 0 Å². The van der Waals surface area contributed by atoms with Gasteiger partial charge in [-0.1, -0.05) is 0 Å². The standard InChI is InChI=1S/C11H7N5O2/c17-10(18)8-4-9(7-2-1-3-12-5-7)16-11(15-8)13-6-14-16/h1-6H,(H,17,18). The molecule has 3 rings (SSSR count). The van der Waals surface area contributed by atoms with E-state index in [9.17, 15) is 4.79 Å². The summed E-state index contributed by atoms with van der Waals surface area (Å²) in [6.07, 6.45) is 4.59. The third-order valence-corrected chi connectivity index (χ3v) is 2.43. The predicted molar refractivity (Wildman–Crippen MR) is 61.0 cm³/mol. The summed E-state index contributed by atoms with van der Waals surface area (Å²) >= 11 is 0. The van der Waals surface area contributed by atoms with Crippen LogP contribution in [-0.2, 0) is 0 Å². The zero-order chi connectivity index (χ0) is 12.5. The number of rotatable bonds is 2. The molecule has 0 aromatic carbocycles. The van der Waals surface area contributed by atoms with Crippen LogP contribution in [0.5, 0.6) is 0 Å². The number of fused-ring (bicyclic) bond motifs is 1. The van der Waals surface area contributed by atoms with E-state index in [1.165, 1.54) is 16.9 Å². The number of aromatic nitrogens is 5. The van der Waals surface area contributed by atoms with Gasteiger partial charge in [-0.3, -0.25) is 4.98 Å². The van der Waals surface area contributed by atoms with Gasteiger partial charge >= 0.3 is 5.97 Å². The van der Waals surface area contributed by atoms with Crippen molar-refractivity contribution in [1.29, 1.82) is 0 Å². The molecule has 0 bridgehead atoms. The molecule has 0 unspecified atom stereocenters. The van der Waals surface area contributed by atoms with E-state index in [1.54, 1.807) is 18.5 Å². The third-order valence-electron chi connectivity index (χ3n) is 2.43. The lowest BCUT2D eigenvalue weighted by molar-refractivity contribution is 0.0690. The lowest BCUT2D eigenvalue weighted by atomic mass is 10.2. The summed E-state index contributed by atoms with van der Waals surface area (Å²) in [5.74, 6) is -0.862. The maximum absolute atomic E-state index is 11.0. The Bertz CT molecular complexity index is 723. The molecule has 0 aliphatic rings. The van der Waals surface area contributed by atoms with Crippen molar-refractivity contribution in [2.45, 2.75) is 0 Å². The molecule has 3 heterocycles. The Hall–Kier alpha value is -2.83. The van der Waals surface area contributed by atoms with Crippen LogP contribution in [0.25, 0.3) is 17.0 Å². The fourth-order valence-corrected chi connectivity index (χ4v) is 1.64. The van der Waals surface area contributed by atoms with Gasteiger partial charge in [-0.25, -0.2) is 9.78 Å². The van der Waals surface area contributed by atoms with Crippen LogP contribution in [0.1, 0.15) is 10.5 Å². The maximum atomic E-state index is 11.0. The zero-order valence-electron chi connectivity index (χ0n) is 9.06. The highest BCUT2D eigenvalue weighted by molar-refractivity contribution is 5.87. The molecule has 0 saturated heterocycles. The topological polar surface area (TPSA) is 93.3 Å². The van der Waals surface area contributed by atoms with Gasteiger partial charge in [0.1, 0.15) is 6.33 Å². The molecule has 3 aromatic rings. The Morgan fingerprint density at radius 1 is 1.39 bits per heavy atom. The second-order valence-corrected chi connectivity index (χ2v) is 3.55. The number of hydrogen-bond donors (Lipinski definition) is 1. The Balaban J connectivity index is 2.33. The first-order chi connectivity index (χ1) is 8.75. The van der Waals surface area contributed by atoms with E-state index in [0.29, 0.717) is 5.69 Å². The second-order valence-electron chi connectivity index (χ2n) is 3.55. The van der Waals surface area contributed by atoms with Gasteiger partial charge in [0, 0.05) is 18.0 Å². The number of nitrogens with zero attached hydrogens (tertiary/aromatic N) is 5. The molecule has 7 nitrogen and oxygen atoms in total. The zero-order valence-corrected chi connectivity index (χ0v) is 9.06. The quantitative estimate of drug-likeness (QED) is 0.716. The van der Waals surface area contributed by atoms with Crippen LogP contribution in [0.2, 0.25) is 0 Å². The minimum absolute atomic E-state index is 0.0747. The summed E-state index contributed by atoms with van der Waals surface area (Å²) in [6.45, 7) is 0. The van der Waals surface area contributed by atoms with Crippen LogP contribution in [-0.4, -0.2) is 35.6 Å². The smallest absolute Gasteiger partial charge is 0.354 e. The van der Waals surface area contributed by atoms with Crippen molar-refractivity contribution in [3.05, 3.63) is 42.6 Å². The van der Waals surface area contributed by atoms with Crippen molar-refractivity contribution >= 4 is 11.7 Å². The molecule has 3 aromatic heterocycles. The molecule has 0 saturated carbocycles. The third kappa shape index (κ3) is 1.58. The van der Waals surface area contributed by atoms with E-state index in [2.05, 4.69) is 20.1 Å². The normalized spacial score (nSPS) is 10.7. The molecule has 18 heavy (non-hydrogen) atoms. The molecular weight excluding hydrogens is 234 g/mol. The fourth-order valence-electron chi connectivity index (χ4n) is 1.64. The highest BCUT2D eigenvalue weighted by Gasteiger charge is 2.13. The fraction of sp³-hybridized carbons (Fsp3) is 0. The van der Waals surface area contributed by atoms with E-state index in [0.717, 1.165) is 5.56 Å². The van der Waals surface area contributed by atoms with Gasteiger partial charge in [-0.05, 0) is 18.2 Å². The number of hydrogen-bond acceptors (Lipinski definition) is 5. The summed E-state index contributed by atoms with van der Waals surface area (Å²) in [5, 5.41) is 13.0. The number of carbonyl (C=O) groups is 1. The van der Waals surface area contributed by atoms with Crippen LogP contribution in [0.3, 0.4) is 0 Å². The van der Waals surface area contributed by atoms with Gasteiger partial charge in [-0.15, -0.1) is 0 Å². The van der Waals surface area contributed by atoms with Gasteiger partial charge in [0.2, 0.25) is 0 Å². The molecule has 0 amide bonds. The SMILES string of the molecule is O=C(O)c1cc(-c2cccnc2)n2ncnc2n1. The molecule has 0 radical (unpaired) electrons. The average molecular weight is 241 g/mol. The highest BCUT2D eigenvalue weighted by atomic mass is 16.4. The minimum atomic E-state index is -1.11. The van der Waals surface area contributed by atoms with Gasteiger partial charge < -0.3 is 5.11 Å². The Morgan fingerprint density at radius 3 is 3.00 bits per heavy atom. The molecule has 0 fully saturated rings. The first-order valence-corrected chi connectivity index (χ1v) is 5.10. The predicted octanol–water partition coefficient (Wildman–Crippen LogP) is 0.884. The highest BCUT2D eigenvalue weighted by Crippen LogP contribution is 2.18. The van der Waals surface area contributed by atoms with E-state index in [-0.39, 0.29) is 11.5 Å². The molecule has 0 aliphatic heterocycles. The van der Waals surface area contributed by atoms with Crippen molar-refractivity contribution < 1.29 is 9.90 Å². The second kappa shape index (κ2) is 3.88. The van der Waals surface area contributed by atoms with Crippen LogP contribution in [0, 0.1) is 0 Å². The van der Waals surface area contributed by atoms with Gasteiger partial charge in [0.15, 0.2) is 5.69 Å². The van der Waals surface area contributed by atoms with Crippen molar-refractivity contribution in [3.8, 4) is 11.3 Å². The molecule has 0 aliphatic carbocycles. The van der Waals surface area contributed by atoms with Crippen LogP contribution in [0.4, 0.5) is 0 Å². The van der Waals surface area contributed by atoms with Crippen molar-refractivity contribution in [3.63, 3.8) is 0 Å². The summed E-state index contributed by atoms with van der Waals surface area (Å²) in [5.41, 5.74) is 1.26. The maximum Gasteiger partial charge on any atom is 0.354 e. The lowest BCUT2D eigenvalue weighted by Crippen LogP contribution is -2.05. The van der Waals surface area contributed by atoms with Crippen LogP contribution in [0.15, 0.2) is 36.9 Å². The van der Waals surface area contributed by atoms with Crippen molar-refractivity contribution in [1.82, 2.24) is 24.6 Å². The summed E-state index contributed by atoms with van der Waals surface area (Å²) < 4.78 is 1.48. The molecule has 7 heteroatoms. The molecule has 0 spiro atoms. The molecule has 0 atom stereocenters. The van der Waals surface area contributed by atoms with E-state index < -0.39 is 5.97 Å². The van der Waals surface area contributed by atoms with Gasteiger partial charge in [-0.2, -0.15) is 14.6 Å². The van der Waals surface area contributed by atoms with Crippen LogP contribution >= 0.6 is 0 Å². The summed E-state index contributed by atoms with van der Waals surface area (Å²) in [4.78, 5) is 22.8. The van der Waals surface area contributed by atoms with Crippen molar-refractivity contribution in [2.24, 2.45) is 0 Å². The molecule has 88 valence electrons. The summed E-state index contributed by atoms with van der Waals surface area (Å²) in [6, 6.07) is 5.02. The Kier molecular flexibility index (Phi) is 2.23. The summed E-state index contributed by atoms with van der Waals surface area (Å²) in [7, 11) is 0. The Morgan fingerprint density at radius 2 is 2.28 bits per heavy atom. The van der Waals surface area contributed by atoms with Crippen molar-refractivity contribution in [2.75, 3.05) is 0 Å². The van der Waals surface area contributed by atoms with E-state index in [4.69, 9.17) is 5.11 Å². The number of aromatic carboxylic acids is 1. The lowest BCUT2D eigenvalue weighted by Gasteiger charge is -2.04. The van der Waals surface area contributed by atoms with Gasteiger partial charge in [0.05, 0.1) is 5.69 Å². The average Bonchev–Trinajstić information content (AvgIpc) is 2.86. The first-order valence-electron chi connectivity index (χ1n) is 5.10. The molecular formula is C11H7N5O2.